The standard InChI is InChI=1S/C11H14FNO/c12-10-3-1-2-8(5-10)4-9-6-13-7-11(9)14/h1-3,5,9,11,13-14H,4,6-7H2. The van der Waals surface area contributed by atoms with Gasteiger partial charge in [-0.25, -0.2) is 4.39 Å². The summed E-state index contributed by atoms with van der Waals surface area (Å²) in [5.74, 6) is 0.0137. The molecule has 0 aromatic heterocycles. The molecule has 1 heterocycles. The number of benzene rings is 1. The number of hydrogen-bond donors (Lipinski definition) is 2. The zero-order chi connectivity index (χ0) is 9.97. The Labute approximate surface area is 82.8 Å². The van der Waals surface area contributed by atoms with Gasteiger partial charge in [-0.3, -0.25) is 0 Å². The zero-order valence-corrected chi connectivity index (χ0v) is 7.91. The van der Waals surface area contributed by atoms with Gasteiger partial charge in [0, 0.05) is 19.0 Å². The highest BCUT2D eigenvalue weighted by Gasteiger charge is 2.24. The van der Waals surface area contributed by atoms with Crippen LogP contribution in [-0.2, 0) is 6.42 Å². The summed E-state index contributed by atoms with van der Waals surface area (Å²) in [4.78, 5) is 0. The lowest BCUT2D eigenvalue weighted by molar-refractivity contribution is 0.147. The van der Waals surface area contributed by atoms with Crippen LogP contribution in [0.5, 0.6) is 0 Å². The number of nitrogens with one attached hydrogen (secondary N) is 1. The van der Waals surface area contributed by atoms with Crippen LogP contribution in [0.2, 0.25) is 0 Å². The minimum Gasteiger partial charge on any atom is -0.391 e. The van der Waals surface area contributed by atoms with E-state index in [1.165, 1.54) is 12.1 Å². The molecule has 1 aromatic rings. The van der Waals surface area contributed by atoms with Gasteiger partial charge in [0.2, 0.25) is 0 Å². The second-order valence-electron chi connectivity index (χ2n) is 3.82. The average Bonchev–Trinajstić information content (AvgIpc) is 2.52. The Morgan fingerprint density at radius 3 is 2.93 bits per heavy atom. The van der Waals surface area contributed by atoms with Gasteiger partial charge in [0.1, 0.15) is 5.82 Å². The SMILES string of the molecule is OC1CNCC1Cc1cccc(F)c1. The largest absolute Gasteiger partial charge is 0.391 e. The molecule has 1 aromatic carbocycles. The van der Waals surface area contributed by atoms with Crippen LogP contribution in [0.1, 0.15) is 5.56 Å². The highest BCUT2D eigenvalue weighted by Crippen LogP contribution is 2.16. The van der Waals surface area contributed by atoms with Gasteiger partial charge in [-0.2, -0.15) is 0 Å². The van der Waals surface area contributed by atoms with Crippen molar-refractivity contribution in [3.63, 3.8) is 0 Å². The number of aliphatic hydroxyl groups excluding tert-OH is 1. The van der Waals surface area contributed by atoms with Crippen molar-refractivity contribution in [3.05, 3.63) is 35.6 Å². The molecule has 2 rings (SSSR count). The molecule has 2 nitrogen and oxygen atoms in total. The average molecular weight is 195 g/mol. The summed E-state index contributed by atoms with van der Waals surface area (Å²) in [7, 11) is 0. The molecule has 14 heavy (non-hydrogen) atoms. The van der Waals surface area contributed by atoms with Crippen molar-refractivity contribution >= 4 is 0 Å². The van der Waals surface area contributed by atoms with Gasteiger partial charge in [0.15, 0.2) is 0 Å². The maximum atomic E-state index is 12.9. The van der Waals surface area contributed by atoms with Crippen LogP contribution >= 0.6 is 0 Å². The van der Waals surface area contributed by atoms with Gasteiger partial charge in [0.25, 0.3) is 0 Å². The third-order valence-corrected chi connectivity index (χ3v) is 2.69. The summed E-state index contributed by atoms with van der Waals surface area (Å²) in [5.41, 5.74) is 0.956. The number of halogens is 1. The van der Waals surface area contributed by atoms with Crippen LogP contribution in [0.3, 0.4) is 0 Å². The van der Waals surface area contributed by atoms with Gasteiger partial charge >= 0.3 is 0 Å². The van der Waals surface area contributed by atoms with E-state index in [1.54, 1.807) is 6.07 Å². The van der Waals surface area contributed by atoms with E-state index in [1.807, 2.05) is 6.07 Å². The molecule has 0 amide bonds. The van der Waals surface area contributed by atoms with Crippen LogP contribution < -0.4 is 5.32 Å². The third kappa shape index (κ3) is 2.11. The Morgan fingerprint density at radius 1 is 1.43 bits per heavy atom. The van der Waals surface area contributed by atoms with Crippen LogP contribution in [0.25, 0.3) is 0 Å². The quantitative estimate of drug-likeness (QED) is 0.736. The van der Waals surface area contributed by atoms with E-state index in [0.717, 1.165) is 18.5 Å². The minimum absolute atomic E-state index is 0.206. The van der Waals surface area contributed by atoms with Crippen LogP contribution in [0.15, 0.2) is 24.3 Å². The number of aliphatic hydroxyl groups is 1. The fourth-order valence-corrected chi connectivity index (χ4v) is 1.89. The first kappa shape index (κ1) is 9.62. The van der Waals surface area contributed by atoms with Crippen LogP contribution in [0.4, 0.5) is 4.39 Å². The third-order valence-electron chi connectivity index (χ3n) is 2.69. The lowest BCUT2D eigenvalue weighted by atomic mass is 9.97. The first-order valence-electron chi connectivity index (χ1n) is 4.89. The van der Waals surface area contributed by atoms with Gasteiger partial charge in [-0.05, 0) is 24.1 Å². The van der Waals surface area contributed by atoms with Gasteiger partial charge < -0.3 is 10.4 Å². The van der Waals surface area contributed by atoms with E-state index in [-0.39, 0.29) is 17.8 Å². The Bertz CT molecular complexity index is 316. The molecule has 1 fully saturated rings. The van der Waals surface area contributed by atoms with Gasteiger partial charge in [-0.1, -0.05) is 12.1 Å². The van der Waals surface area contributed by atoms with E-state index in [4.69, 9.17) is 0 Å². The van der Waals surface area contributed by atoms with Crippen LogP contribution in [0, 0.1) is 11.7 Å². The molecule has 2 atom stereocenters. The van der Waals surface area contributed by atoms with E-state index >= 15 is 0 Å². The highest BCUT2D eigenvalue weighted by atomic mass is 19.1. The molecule has 0 radical (unpaired) electrons. The van der Waals surface area contributed by atoms with Crippen LogP contribution in [-0.4, -0.2) is 24.3 Å². The van der Waals surface area contributed by atoms with E-state index in [0.29, 0.717) is 6.54 Å². The maximum absolute atomic E-state index is 12.9. The van der Waals surface area contributed by atoms with Crippen molar-refractivity contribution in [1.29, 1.82) is 0 Å². The molecule has 0 saturated carbocycles. The molecule has 1 aliphatic rings. The molecule has 0 spiro atoms. The van der Waals surface area contributed by atoms with Crippen molar-refractivity contribution in [2.75, 3.05) is 13.1 Å². The first-order valence-corrected chi connectivity index (χ1v) is 4.89. The smallest absolute Gasteiger partial charge is 0.123 e. The molecule has 3 heteroatoms. The Kier molecular flexibility index (Phi) is 2.79. The molecule has 0 aliphatic carbocycles. The molecular weight excluding hydrogens is 181 g/mol. The summed E-state index contributed by atoms with van der Waals surface area (Å²) < 4.78 is 12.9. The molecule has 2 N–H and O–H groups in total. The second kappa shape index (κ2) is 4.07. The highest BCUT2D eigenvalue weighted by molar-refractivity contribution is 5.17. The van der Waals surface area contributed by atoms with Crippen molar-refractivity contribution in [1.82, 2.24) is 5.32 Å². The molecule has 0 bridgehead atoms. The fraction of sp³-hybridized carbons (Fsp3) is 0.455. The Morgan fingerprint density at radius 2 is 2.29 bits per heavy atom. The Hall–Kier alpha value is -0.930. The number of hydrogen-bond acceptors (Lipinski definition) is 2. The van der Waals surface area contributed by atoms with Crippen molar-refractivity contribution in [2.45, 2.75) is 12.5 Å². The monoisotopic (exact) mass is 195 g/mol. The number of rotatable bonds is 2. The predicted molar refractivity (Wildman–Crippen MR) is 52.5 cm³/mol. The molecule has 76 valence electrons. The zero-order valence-electron chi connectivity index (χ0n) is 7.91. The van der Waals surface area contributed by atoms with E-state index in [2.05, 4.69) is 5.32 Å². The molecule has 2 unspecified atom stereocenters. The second-order valence-corrected chi connectivity index (χ2v) is 3.82. The summed E-state index contributed by atoms with van der Waals surface area (Å²) in [5, 5.41) is 12.7. The minimum atomic E-state index is -0.293. The maximum Gasteiger partial charge on any atom is 0.123 e. The van der Waals surface area contributed by atoms with Gasteiger partial charge in [0.05, 0.1) is 6.10 Å². The van der Waals surface area contributed by atoms with E-state index < -0.39 is 0 Å². The summed E-state index contributed by atoms with van der Waals surface area (Å²) in [6.07, 6.45) is 0.449. The summed E-state index contributed by atoms with van der Waals surface area (Å²) in [6.45, 7) is 1.47. The normalized spacial score (nSPS) is 26.7. The van der Waals surface area contributed by atoms with Gasteiger partial charge in [-0.15, -0.1) is 0 Å². The predicted octanol–water partition coefficient (Wildman–Crippen LogP) is 0.948. The molecular formula is C11H14FNO. The lowest BCUT2D eigenvalue weighted by Gasteiger charge is -2.12. The summed E-state index contributed by atoms with van der Waals surface area (Å²) >= 11 is 0. The van der Waals surface area contributed by atoms with Crippen molar-refractivity contribution in [3.8, 4) is 0 Å². The Balaban J connectivity index is 2.03. The topological polar surface area (TPSA) is 32.3 Å². The fourth-order valence-electron chi connectivity index (χ4n) is 1.89. The molecule has 1 saturated heterocycles. The molecule has 1 aliphatic heterocycles. The van der Waals surface area contributed by atoms with Crippen molar-refractivity contribution in [2.24, 2.45) is 5.92 Å². The lowest BCUT2D eigenvalue weighted by Crippen LogP contribution is -2.19. The van der Waals surface area contributed by atoms with E-state index in [9.17, 15) is 9.50 Å². The van der Waals surface area contributed by atoms with Crippen molar-refractivity contribution < 1.29 is 9.50 Å². The summed E-state index contributed by atoms with van der Waals surface area (Å²) in [6, 6.07) is 6.57. The first-order chi connectivity index (χ1) is 6.75. The number of β-amino-alcohol motifs (C(OH)–C–C–N with tert-alkyl or cyclic N) is 1.